The van der Waals surface area contributed by atoms with Gasteiger partial charge in [0.1, 0.15) is 19.3 Å². The van der Waals surface area contributed by atoms with Gasteiger partial charge in [-0.25, -0.2) is 0 Å². The van der Waals surface area contributed by atoms with Gasteiger partial charge in [-0.2, -0.15) is 0 Å². The molecule has 0 aliphatic rings. The maximum atomic E-state index is 12.4. The van der Waals surface area contributed by atoms with E-state index in [2.05, 4.69) is 20.8 Å². The van der Waals surface area contributed by atoms with Gasteiger partial charge in [-0.1, -0.05) is 104 Å². The Balaban J connectivity index is 5.03. The van der Waals surface area contributed by atoms with Crippen LogP contribution in [0.3, 0.4) is 0 Å². The van der Waals surface area contributed by atoms with Crippen LogP contribution in [0, 0.1) is 5.92 Å². The van der Waals surface area contributed by atoms with Crippen LogP contribution >= 0.6 is 7.82 Å². The van der Waals surface area contributed by atoms with Crippen LogP contribution in [-0.4, -0.2) is 81.9 Å². The van der Waals surface area contributed by atoms with E-state index in [1.807, 2.05) is 21.1 Å². The number of phosphoric ester groups is 1. The average molecular weight is 638 g/mol. The first-order chi connectivity index (χ1) is 20.4. The summed E-state index contributed by atoms with van der Waals surface area (Å²) < 4.78 is 35.7. The zero-order valence-corrected chi connectivity index (χ0v) is 29.6. The molecule has 0 aromatic carbocycles. The van der Waals surface area contributed by atoms with Crippen molar-refractivity contribution < 1.29 is 42.4 Å². The van der Waals surface area contributed by atoms with Gasteiger partial charge in [0, 0.05) is 13.0 Å². The minimum atomic E-state index is -4.49. The van der Waals surface area contributed by atoms with Gasteiger partial charge in [0.05, 0.1) is 40.5 Å². The lowest BCUT2D eigenvalue weighted by molar-refractivity contribution is -0.870. The first-order valence-corrected chi connectivity index (χ1v) is 18.7. The van der Waals surface area contributed by atoms with Crippen LogP contribution in [0.15, 0.2) is 0 Å². The monoisotopic (exact) mass is 637 g/mol. The Morgan fingerprint density at radius 3 is 1.88 bits per heavy atom. The number of hydrogen-bond donors (Lipinski definition) is 1. The Morgan fingerprint density at radius 2 is 1.30 bits per heavy atom. The van der Waals surface area contributed by atoms with E-state index in [0.717, 1.165) is 19.3 Å². The van der Waals surface area contributed by atoms with Crippen LogP contribution in [0.2, 0.25) is 0 Å². The van der Waals surface area contributed by atoms with Gasteiger partial charge >= 0.3 is 5.97 Å². The van der Waals surface area contributed by atoms with Crippen molar-refractivity contribution in [1.82, 2.24) is 0 Å². The minimum Gasteiger partial charge on any atom is -0.756 e. The number of nitrogens with zero attached hydrogens (tertiary/aromatic N) is 1. The summed E-state index contributed by atoms with van der Waals surface area (Å²) in [5, 5.41) is 8.91. The zero-order chi connectivity index (χ0) is 32.4. The molecular weight excluding hydrogens is 569 g/mol. The third kappa shape index (κ3) is 28.7. The summed E-state index contributed by atoms with van der Waals surface area (Å²) in [6.07, 6.45) is 19.1. The lowest BCUT2D eigenvalue weighted by Gasteiger charge is -2.30. The number of hydrogen-bond acceptors (Lipinski definition) is 7. The number of ether oxygens (including phenoxy) is 2. The van der Waals surface area contributed by atoms with Gasteiger partial charge in [0.25, 0.3) is 7.82 Å². The van der Waals surface area contributed by atoms with Crippen molar-refractivity contribution in [2.45, 2.75) is 149 Å². The predicted octanol–water partition coefficient (Wildman–Crippen LogP) is 7.75. The molecule has 0 aliphatic heterocycles. The highest BCUT2D eigenvalue weighted by molar-refractivity contribution is 7.45. The number of phosphoric acid groups is 1. The molecule has 0 amide bonds. The Bertz CT molecular complexity index is 703. The van der Waals surface area contributed by atoms with Gasteiger partial charge in [0.15, 0.2) is 0 Å². The summed E-state index contributed by atoms with van der Waals surface area (Å²) in [6.45, 7) is 7.63. The third-order valence-electron chi connectivity index (χ3n) is 7.80. The Kier molecular flexibility index (Phi) is 26.3. The Morgan fingerprint density at radius 1 is 0.744 bits per heavy atom. The van der Waals surface area contributed by atoms with E-state index < -0.39 is 19.9 Å². The fourth-order valence-electron chi connectivity index (χ4n) is 4.91. The van der Waals surface area contributed by atoms with E-state index in [0.29, 0.717) is 36.4 Å². The second-order valence-corrected chi connectivity index (χ2v) is 14.7. The van der Waals surface area contributed by atoms with Crippen molar-refractivity contribution in [3.63, 3.8) is 0 Å². The SMILES string of the molecule is CCCCCCCCCCCC(OC[C@H](COP(=O)([O-])OCC[N+](C)(C)C)OCCCCC(=O)O)C(C)CCCCCC. The van der Waals surface area contributed by atoms with E-state index in [1.165, 1.54) is 77.0 Å². The largest absolute Gasteiger partial charge is 0.756 e. The number of likely N-dealkylation sites (N-methyl/N-ethyl adjacent to an activating group) is 1. The van der Waals surface area contributed by atoms with Crippen LogP contribution in [0.25, 0.3) is 0 Å². The van der Waals surface area contributed by atoms with Gasteiger partial charge < -0.3 is 33.0 Å². The maximum Gasteiger partial charge on any atom is 0.303 e. The van der Waals surface area contributed by atoms with E-state index in [4.69, 9.17) is 23.6 Å². The summed E-state index contributed by atoms with van der Waals surface area (Å²) in [7, 11) is 1.39. The molecule has 0 aliphatic carbocycles. The molecule has 0 heterocycles. The average Bonchev–Trinajstić information content (AvgIpc) is 2.92. The molecule has 258 valence electrons. The molecule has 43 heavy (non-hydrogen) atoms. The smallest absolute Gasteiger partial charge is 0.303 e. The molecule has 9 nitrogen and oxygen atoms in total. The molecule has 0 fully saturated rings. The summed E-state index contributed by atoms with van der Waals surface area (Å²) in [5.74, 6) is -0.443. The number of aliphatic carboxylic acids is 1. The lowest BCUT2D eigenvalue weighted by Crippen LogP contribution is -2.37. The van der Waals surface area contributed by atoms with Crippen LogP contribution in [0.5, 0.6) is 0 Å². The highest BCUT2D eigenvalue weighted by atomic mass is 31.2. The third-order valence-corrected chi connectivity index (χ3v) is 8.77. The predicted molar refractivity (Wildman–Crippen MR) is 173 cm³/mol. The van der Waals surface area contributed by atoms with Gasteiger partial charge in [0.2, 0.25) is 0 Å². The second-order valence-electron chi connectivity index (χ2n) is 13.2. The molecule has 3 unspecified atom stereocenters. The minimum absolute atomic E-state index is 0.0395. The number of rotatable bonds is 32. The molecule has 0 aromatic heterocycles. The fourth-order valence-corrected chi connectivity index (χ4v) is 5.64. The highest BCUT2D eigenvalue weighted by Crippen LogP contribution is 2.38. The molecule has 0 saturated carbocycles. The molecule has 0 rings (SSSR count). The maximum absolute atomic E-state index is 12.4. The summed E-state index contributed by atoms with van der Waals surface area (Å²) in [6, 6.07) is 0. The topological polar surface area (TPSA) is 114 Å². The van der Waals surface area contributed by atoms with Crippen molar-refractivity contribution in [3.05, 3.63) is 0 Å². The molecule has 0 aromatic rings. The number of quaternary nitrogens is 1. The van der Waals surface area contributed by atoms with Gasteiger partial charge in [-0.15, -0.1) is 0 Å². The second kappa shape index (κ2) is 26.7. The molecule has 10 heteroatoms. The van der Waals surface area contributed by atoms with E-state index in [1.54, 1.807) is 0 Å². The number of unbranched alkanes of at least 4 members (excludes halogenated alkanes) is 12. The van der Waals surface area contributed by atoms with Crippen LogP contribution in [0.1, 0.15) is 136 Å². The number of carboxylic acids is 1. The normalized spacial score (nSPS) is 15.7. The van der Waals surface area contributed by atoms with Gasteiger partial charge in [-0.3, -0.25) is 9.36 Å². The van der Waals surface area contributed by atoms with Crippen LogP contribution in [0.4, 0.5) is 0 Å². The summed E-state index contributed by atoms with van der Waals surface area (Å²) in [4.78, 5) is 23.3. The number of carbonyl (C=O) groups is 1. The quantitative estimate of drug-likeness (QED) is 0.0453. The Labute approximate surface area is 264 Å². The molecule has 0 bridgehead atoms. The standard InChI is InChI=1S/C33H68NO8P/c1-7-9-11-13-14-15-16-17-19-23-32(30(3)22-18-12-10-8-2)40-28-31(39-26-21-20-24-33(35)36)29-42-43(37,38)41-27-25-34(4,5)6/h30-32H,7-29H2,1-6H3,(H-,35,36,37,38)/t30?,31-,32?/m1/s1. The molecule has 0 saturated heterocycles. The summed E-state index contributed by atoms with van der Waals surface area (Å²) in [5.41, 5.74) is 0. The van der Waals surface area contributed by atoms with E-state index >= 15 is 0 Å². The van der Waals surface area contributed by atoms with Gasteiger partial charge in [-0.05, 0) is 31.6 Å². The highest BCUT2D eigenvalue weighted by Gasteiger charge is 2.22. The van der Waals surface area contributed by atoms with Crippen LogP contribution in [-0.2, 0) is 27.9 Å². The molecule has 0 spiro atoms. The Hall–Kier alpha value is -0.540. The van der Waals surface area contributed by atoms with Crippen molar-refractivity contribution in [3.8, 4) is 0 Å². The number of carboxylic acid groups (broad SMARTS) is 1. The van der Waals surface area contributed by atoms with E-state index in [9.17, 15) is 14.3 Å². The van der Waals surface area contributed by atoms with E-state index in [-0.39, 0.29) is 32.3 Å². The van der Waals surface area contributed by atoms with Crippen molar-refractivity contribution in [2.75, 3.05) is 54.1 Å². The zero-order valence-electron chi connectivity index (χ0n) is 28.7. The molecular formula is C33H68NO8P. The van der Waals surface area contributed by atoms with Crippen LogP contribution < -0.4 is 4.89 Å². The first-order valence-electron chi connectivity index (χ1n) is 17.3. The molecule has 1 N–H and O–H groups in total. The van der Waals surface area contributed by atoms with Crippen molar-refractivity contribution >= 4 is 13.8 Å². The van der Waals surface area contributed by atoms with Crippen molar-refractivity contribution in [2.24, 2.45) is 5.92 Å². The molecule has 0 radical (unpaired) electrons. The molecule has 4 atom stereocenters. The first kappa shape index (κ1) is 42.5. The fraction of sp³-hybridized carbons (Fsp3) is 0.970. The summed E-state index contributed by atoms with van der Waals surface area (Å²) >= 11 is 0. The lowest BCUT2D eigenvalue weighted by atomic mass is 9.93. The van der Waals surface area contributed by atoms with Crippen molar-refractivity contribution in [1.29, 1.82) is 0 Å².